The highest BCUT2D eigenvalue weighted by atomic mass is 15.0. The monoisotopic (exact) mass is 265 g/mol. The fourth-order valence-corrected chi connectivity index (χ4v) is 3.37. The predicted molar refractivity (Wildman–Crippen MR) is 84.9 cm³/mol. The lowest BCUT2D eigenvalue weighted by Crippen LogP contribution is -2.51. The Bertz CT molecular complexity index is 468. The zero-order chi connectivity index (χ0) is 13.7. The quantitative estimate of drug-likeness (QED) is 0.881. The van der Waals surface area contributed by atoms with Gasteiger partial charge >= 0.3 is 0 Å². The summed E-state index contributed by atoms with van der Waals surface area (Å²) in [7, 11) is 0. The summed E-state index contributed by atoms with van der Waals surface area (Å²) in [5.41, 5.74) is 3.12. The third-order valence-electron chi connectivity index (χ3n) is 4.35. The molecule has 0 bridgehead atoms. The third-order valence-corrected chi connectivity index (χ3v) is 4.35. The summed E-state index contributed by atoms with van der Waals surface area (Å²) in [6, 6.07) is 21.8. The molecule has 0 spiro atoms. The van der Waals surface area contributed by atoms with Gasteiger partial charge in [-0.25, -0.2) is 0 Å². The highest BCUT2D eigenvalue weighted by Gasteiger charge is 2.31. The predicted octanol–water partition coefficient (Wildman–Crippen LogP) is 3.98. The molecular weight excluding hydrogens is 242 g/mol. The molecule has 1 aliphatic heterocycles. The first kappa shape index (κ1) is 13.4. The van der Waals surface area contributed by atoms with Crippen molar-refractivity contribution in [3.63, 3.8) is 0 Å². The molecule has 20 heavy (non-hydrogen) atoms. The van der Waals surface area contributed by atoms with E-state index < -0.39 is 0 Å². The molecule has 0 aromatic heterocycles. The minimum atomic E-state index is 0.237. The Hall–Kier alpha value is -1.60. The maximum Gasteiger partial charge on any atom is 0.0262 e. The third kappa shape index (κ3) is 3.29. The van der Waals surface area contributed by atoms with Gasteiger partial charge in [0.2, 0.25) is 0 Å². The molecule has 1 fully saturated rings. The average molecular weight is 265 g/mol. The first-order valence-corrected chi connectivity index (χ1v) is 7.69. The van der Waals surface area contributed by atoms with E-state index in [2.05, 4.69) is 66.0 Å². The van der Waals surface area contributed by atoms with Crippen LogP contribution in [-0.4, -0.2) is 12.1 Å². The number of benzene rings is 2. The van der Waals surface area contributed by atoms with E-state index in [9.17, 15) is 0 Å². The molecule has 1 saturated heterocycles. The van der Waals surface area contributed by atoms with Gasteiger partial charge in [-0.1, -0.05) is 67.1 Å². The van der Waals surface area contributed by atoms with Crippen molar-refractivity contribution in [3.8, 4) is 0 Å². The summed E-state index contributed by atoms with van der Waals surface area (Å²) in [4.78, 5) is 0. The maximum absolute atomic E-state index is 3.83. The van der Waals surface area contributed by atoms with Crippen molar-refractivity contribution in [1.29, 1.82) is 0 Å². The van der Waals surface area contributed by atoms with Gasteiger partial charge in [0.05, 0.1) is 0 Å². The molecule has 2 aromatic carbocycles. The number of nitrogens with one attached hydrogen (secondary N) is 1. The Kier molecular flexibility index (Phi) is 4.17. The molecule has 0 aliphatic carbocycles. The summed E-state index contributed by atoms with van der Waals surface area (Å²) in [6.07, 6.45) is 6.18. The Balaban J connectivity index is 1.81. The van der Waals surface area contributed by atoms with Crippen LogP contribution >= 0.6 is 0 Å². The SMILES string of the molecule is c1ccc(CC2(Cc3ccccc3)CCCCN2)cc1. The second kappa shape index (κ2) is 6.23. The van der Waals surface area contributed by atoms with Gasteiger partial charge < -0.3 is 5.32 Å². The fraction of sp³-hybridized carbons (Fsp3) is 0.368. The Morgan fingerprint density at radius 1 is 0.750 bits per heavy atom. The molecule has 0 amide bonds. The van der Waals surface area contributed by atoms with Gasteiger partial charge in [0.25, 0.3) is 0 Å². The Labute approximate surface area is 122 Å². The molecule has 1 heterocycles. The normalized spacial score (nSPS) is 17.8. The van der Waals surface area contributed by atoms with Gasteiger partial charge in [-0.05, 0) is 43.4 Å². The van der Waals surface area contributed by atoms with Gasteiger partial charge in [0.15, 0.2) is 0 Å². The van der Waals surface area contributed by atoms with Crippen molar-refractivity contribution in [3.05, 3.63) is 71.8 Å². The zero-order valence-electron chi connectivity index (χ0n) is 12.0. The highest BCUT2D eigenvalue weighted by Crippen LogP contribution is 2.27. The van der Waals surface area contributed by atoms with E-state index in [0.29, 0.717) is 0 Å². The summed E-state index contributed by atoms with van der Waals surface area (Å²) in [6.45, 7) is 1.15. The molecule has 1 nitrogen and oxygen atoms in total. The van der Waals surface area contributed by atoms with Crippen LogP contribution in [0.2, 0.25) is 0 Å². The smallest absolute Gasteiger partial charge is 0.0262 e. The lowest BCUT2D eigenvalue weighted by molar-refractivity contribution is 0.249. The Morgan fingerprint density at radius 2 is 1.30 bits per heavy atom. The maximum atomic E-state index is 3.83. The van der Waals surface area contributed by atoms with Crippen LogP contribution in [-0.2, 0) is 12.8 Å². The highest BCUT2D eigenvalue weighted by molar-refractivity contribution is 5.23. The van der Waals surface area contributed by atoms with E-state index in [1.807, 2.05) is 0 Å². The van der Waals surface area contributed by atoms with E-state index in [1.165, 1.54) is 30.4 Å². The Morgan fingerprint density at radius 3 is 1.75 bits per heavy atom. The van der Waals surface area contributed by atoms with Crippen LogP contribution in [0.1, 0.15) is 30.4 Å². The van der Waals surface area contributed by atoms with Gasteiger partial charge in [-0.3, -0.25) is 0 Å². The number of rotatable bonds is 4. The first-order valence-electron chi connectivity index (χ1n) is 7.69. The molecule has 1 N–H and O–H groups in total. The van der Waals surface area contributed by atoms with Crippen LogP contribution in [0.3, 0.4) is 0 Å². The number of piperidine rings is 1. The zero-order valence-corrected chi connectivity index (χ0v) is 12.0. The van der Waals surface area contributed by atoms with E-state index in [0.717, 1.165) is 19.4 Å². The molecule has 3 rings (SSSR count). The second-order valence-electron chi connectivity index (χ2n) is 5.99. The van der Waals surface area contributed by atoms with Gasteiger partial charge in [-0.2, -0.15) is 0 Å². The van der Waals surface area contributed by atoms with Crippen LogP contribution in [0.5, 0.6) is 0 Å². The number of hydrogen-bond donors (Lipinski definition) is 1. The van der Waals surface area contributed by atoms with Crippen molar-refractivity contribution in [2.75, 3.05) is 6.54 Å². The lowest BCUT2D eigenvalue weighted by Gasteiger charge is -2.39. The van der Waals surface area contributed by atoms with E-state index in [4.69, 9.17) is 0 Å². The molecule has 1 aliphatic rings. The summed E-state index contributed by atoms with van der Waals surface area (Å²) >= 11 is 0. The van der Waals surface area contributed by atoms with Crippen molar-refractivity contribution in [2.45, 2.75) is 37.6 Å². The molecular formula is C19H23N. The summed E-state index contributed by atoms with van der Waals surface area (Å²) < 4.78 is 0. The van der Waals surface area contributed by atoms with Gasteiger partial charge in [-0.15, -0.1) is 0 Å². The average Bonchev–Trinajstić information content (AvgIpc) is 2.50. The van der Waals surface area contributed by atoms with Crippen LogP contribution in [0.15, 0.2) is 60.7 Å². The number of hydrogen-bond acceptors (Lipinski definition) is 1. The van der Waals surface area contributed by atoms with Crippen molar-refractivity contribution < 1.29 is 0 Å². The second-order valence-corrected chi connectivity index (χ2v) is 5.99. The van der Waals surface area contributed by atoms with Crippen molar-refractivity contribution >= 4 is 0 Å². The molecule has 0 atom stereocenters. The largest absolute Gasteiger partial charge is 0.311 e. The van der Waals surface area contributed by atoms with Crippen LogP contribution < -0.4 is 5.32 Å². The topological polar surface area (TPSA) is 12.0 Å². The standard InChI is InChI=1S/C19H23N/c1-3-9-17(10-4-1)15-19(13-7-8-14-20-19)16-18-11-5-2-6-12-18/h1-6,9-12,20H,7-8,13-16H2. The van der Waals surface area contributed by atoms with Gasteiger partial charge in [0.1, 0.15) is 0 Å². The van der Waals surface area contributed by atoms with Gasteiger partial charge in [0, 0.05) is 5.54 Å². The molecule has 0 unspecified atom stereocenters. The summed E-state index contributed by atoms with van der Waals surface area (Å²) in [5.74, 6) is 0. The molecule has 104 valence electrons. The summed E-state index contributed by atoms with van der Waals surface area (Å²) in [5, 5.41) is 3.83. The minimum Gasteiger partial charge on any atom is -0.311 e. The van der Waals surface area contributed by atoms with Crippen LogP contribution in [0.25, 0.3) is 0 Å². The van der Waals surface area contributed by atoms with E-state index >= 15 is 0 Å². The molecule has 1 heteroatoms. The molecule has 0 saturated carbocycles. The minimum absolute atomic E-state index is 0.237. The molecule has 2 aromatic rings. The van der Waals surface area contributed by atoms with Crippen LogP contribution in [0, 0.1) is 0 Å². The van der Waals surface area contributed by atoms with E-state index in [1.54, 1.807) is 0 Å². The van der Waals surface area contributed by atoms with E-state index in [-0.39, 0.29) is 5.54 Å². The van der Waals surface area contributed by atoms with Crippen molar-refractivity contribution in [2.24, 2.45) is 0 Å². The fourth-order valence-electron chi connectivity index (χ4n) is 3.37. The van der Waals surface area contributed by atoms with Crippen LogP contribution in [0.4, 0.5) is 0 Å². The first-order chi connectivity index (χ1) is 9.86. The lowest BCUT2D eigenvalue weighted by atomic mass is 9.78. The molecule has 0 radical (unpaired) electrons. The van der Waals surface area contributed by atoms with Crippen molar-refractivity contribution in [1.82, 2.24) is 5.32 Å².